The molecule has 0 spiro atoms. The first-order valence-corrected chi connectivity index (χ1v) is 4.94. The Hall–Kier alpha value is -1.55. The van der Waals surface area contributed by atoms with Gasteiger partial charge in [-0.1, -0.05) is 12.1 Å². The summed E-state index contributed by atoms with van der Waals surface area (Å²) in [7, 11) is 2.54. The van der Waals surface area contributed by atoms with Crippen LogP contribution in [0.5, 0.6) is 0 Å². The smallest absolute Gasteiger partial charge is 0.337 e. The molecule has 0 aliphatic carbocycles. The van der Waals surface area contributed by atoms with E-state index in [1.54, 1.807) is 18.2 Å². The summed E-state index contributed by atoms with van der Waals surface area (Å²) in [5.41, 5.74) is 0.839. The lowest BCUT2D eigenvalue weighted by Crippen LogP contribution is -2.10. The van der Waals surface area contributed by atoms with E-state index >= 15 is 0 Å². The van der Waals surface area contributed by atoms with Gasteiger partial charge in [-0.15, -0.1) is 11.6 Å². The van der Waals surface area contributed by atoms with Gasteiger partial charge in [0.05, 0.1) is 19.8 Å². The van der Waals surface area contributed by atoms with Crippen molar-refractivity contribution in [3.05, 3.63) is 35.4 Å². The van der Waals surface area contributed by atoms with Crippen molar-refractivity contribution in [2.45, 2.75) is 5.38 Å². The van der Waals surface area contributed by atoms with E-state index in [1.807, 2.05) is 0 Å². The van der Waals surface area contributed by atoms with E-state index in [-0.39, 0.29) is 0 Å². The molecule has 0 aliphatic heterocycles. The standard InChI is InChI=1S/C11H11ClO4/c1-15-10(13)8-5-3-4-7(6-8)9(12)11(14)16-2/h3-6,9H,1-2H3. The van der Waals surface area contributed by atoms with Crippen molar-refractivity contribution in [2.24, 2.45) is 0 Å². The first kappa shape index (κ1) is 12.5. The molecule has 0 saturated carbocycles. The highest BCUT2D eigenvalue weighted by atomic mass is 35.5. The fourth-order valence-electron chi connectivity index (χ4n) is 1.18. The Balaban J connectivity index is 2.98. The molecule has 1 aromatic carbocycles. The maximum Gasteiger partial charge on any atom is 0.337 e. The molecule has 86 valence electrons. The van der Waals surface area contributed by atoms with Gasteiger partial charge in [0.25, 0.3) is 0 Å². The van der Waals surface area contributed by atoms with Crippen molar-refractivity contribution < 1.29 is 19.1 Å². The lowest BCUT2D eigenvalue weighted by Gasteiger charge is -2.08. The van der Waals surface area contributed by atoms with Crippen LogP contribution < -0.4 is 0 Å². The first-order chi connectivity index (χ1) is 7.60. The van der Waals surface area contributed by atoms with Gasteiger partial charge < -0.3 is 9.47 Å². The van der Waals surface area contributed by atoms with Crippen molar-refractivity contribution in [3.63, 3.8) is 0 Å². The second kappa shape index (κ2) is 5.51. The second-order valence-corrected chi connectivity index (χ2v) is 3.44. The molecule has 1 aromatic rings. The number of methoxy groups -OCH3 is 2. The summed E-state index contributed by atoms with van der Waals surface area (Å²) in [5.74, 6) is -1.04. The molecule has 0 amide bonds. The van der Waals surface area contributed by atoms with Crippen LogP contribution in [0.15, 0.2) is 24.3 Å². The maximum absolute atomic E-state index is 11.2. The van der Waals surface area contributed by atoms with E-state index in [2.05, 4.69) is 9.47 Å². The van der Waals surface area contributed by atoms with Gasteiger partial charge in [-0.05, 0) is 17.7 Å². The van der Waals surface area contributed by atoms with E-state index in [4.69, 9.17) is 11.6 Å². The maximum atomic E-state index is 11.2. The monoisotopic (exact) mass is 242 g/mol. The van der Waals surface area contributed by atoms with Crippen LogP contribution in [0.4, 0.5) is 0 Å². The Morgan fingerprint density at radius 3 is 2.50 bits per heavy atom. The minimum atomic E-state index is -0.922. The molecular weight excluding hydrogens is 232 g/mol. The molecule has 16 heavy (non-hydrogen) atoms. The molecule has 0 aliphatic rings. The van der Waals surface area contributed by atoms with Crippen LogP contribution in [0, 0.1) is 0 Å². The number of halogens is 1. The SMILES string of the molecule is COC(=O)c1cccc(C(Cl)C(=O)OC)c1. The second-order valence-electron chi connectivity index (χ2n) is 3.00. The van der Waals surface area contributed by atoms with Crippen LogP contribution in [0.25, 0.3) is 0 Å². The topological polar surface area (TPSA) is 52.6 Å². The normalized spacial score (nSPS) is 11.7. The molecule has 1 rings (SSSR count). The minimum Gasteiger partial charge on any atom is -0.468 e. The van der Waals surface area contributed by atoms with Crippen molar-refractivity contribution in [1.82, 2.24) is 0 Å². The average Bonchev–Trinajstić information content (AvgIpc) is 2.36. The van der Waals surface area contributed by atoms with Gasteiger partial charge in [-0.25, -0.2) is 4.79 Å². The summed E-state index contributed by atoms with van der Waals surface area (Å²) in [4.78, 5) is 22.4. The number of carbonyl (C=O) groups excluding carboxylic acids is 2. The predicted molar refractivity (Wildman–Crippen MR) is 58.4 cm³/mol. The predicted octanol–water partition coefficient (Wildman–Crippen LogP) is 1.93. The number of benzene rings is 1. The third-order valence-electron chi connectivity index (χ3n) is 2.01. The Kier molecular flexibility index (Phi) is 4.31. The highest BCUT2D eigenvalue weighted by molar-refractivity contribution is 6.30. The molecule has 0 radical (unpaired) electrons. The molecule has 1 unspecified atom stereocenters. The van der Waals surface area contributed by atoms with Gasteiger partial charge in [-0.2, -0.15) is 0 Å². The molecule has 0 N–H and O–H groups in total. The summed E-state index contributed by atoms with van der Waals surface area (Å²) in [6, 6.07) is 6.34. The van der Waals surface area contributed by atoms with Crippen molar-refractivity contribution in [3.8, 4) is 0 Å². The van der Waals surface area contributed by atoms with E-state index in [9.17, 15) is 9.59 Å². The number of hydrogen-bond acceptors (Lipinski definition) is 4. The van der Waals surface area contributed by atoms with Gasteiger partial charge >= 0.3 is 11.9 Å². The highest BCUT2D eigenvalue weighted by Gasteiger charge is 2.19. The summed E-state index contributed by atoms with van der Waals surface area (Å²) in [5, 5.41) is -0.922. The zero-order chi connectivity index (χ0) is 12.1. The molecule has 0 saturated heterocycles. The summed E-state index contributed by atoms with van der Waals surface area (Å²) >= 11 is 5.85. The van der Waals surface area contributed by atoms with Gasteiger partial charge in [0.1, 0.15) is 0 Å². The third kappa shape index (κ3) is 2.73. The molecule has 1 atom stereocenters. The molecule has 4 nitrogen and oxygen atoms in total. The van der Waals surface area contributed by atoms with Crippen LogP contribution in [0.2, 0.25) is 0 Å². The zero-order valence-corrected chi connectivity index (χ0v) is 9.65. The van der Waals surface area contributed by atoms with Crippen molar-refractivity contribution >= 4 is 23.5 Å². The number of hydrogen-bond donors (Lipinski definition) is 0. The van der Waals surface area contributed by atoms with Gasteiger partial charge in [0.15, 0.2) is 5.38 Å². The average molecular weight is 243 g/mol. The van der Waals surface area contributed by atoms with Crippen LogP contribution in [0.3, 0.4) is 0 Å². The van der Waals surface area contributed by atoms with Crippen LogP contribution in [-0.2, 0) is 14.3 Å². The Bertz CT molecular complexity index is 403. The third-order valence-corrected chi connectivity index (χ3v) is 2.44. The lowest BCUT2D eigenvalue weighted by atomic mass is 10.1. The highest BCUT2D eigenvalue weighted by Crippen LogP contribution is 2.22. The van der Waals surface area contributed by atoms with Crippen molar-refractivity contribution in [2.75, 3.05) is 14.2 Å². The van der Waals surface area contributed by atoms with Crippen LogP contribution >= 0.6 is 11.6 Å². The van der Waals surface area contributed by atoms with Gasteiger partial charge in [-0.3, -0.25) is 4.79 Å². The quantitative estimate of drug-likeness (QED) is 0.600. The Morgan fingerprint density at radius 2 is 1.94 bits per heavy atom. The van der Waals surface area contributed by atoms with Crippen LogP contribution in [0.1, 0.15) is 21.3 Å². The summed E-state index contributed by atoms with van der Waals surface area (Å²) < 4.78 is 9.07. The molecule has 0 fully saturated rings. The molecule has 5 heteroatoms. The zero-order valence-electron chi connectivity index (χ0n) is 8.90. The number of esters is 2. The number of alkyl halides is 1. The Labute approximate surface area is 98.1 Å². The summed E-state index contributed by atoms with van der Waals surface area (Å²) in [6.07, 6.45) is 0. The van der Waals surface area contributed by atoms with E-state index in [0.29, 0.717) is 11.1 Å². The largest absolute Gasteiger partial charge is 0.468 e. The van der Waals surface area contributed by atoms with E-state index in [1.165, 1.54) is 20.3 Å². The molecule has 0 heterocycles. The number of rotatable bonds is 3. The van der Waals surface area contributed by atoms with E-state index < -0.39 is 17.3 Å². The Morgan fingerprint density at radius 1 is 1.25 bits per heavy atom. The molecule has 0 bridgehead atoms. The molecular formula is C11H11ClO4. The minimum absolute atomic E-state index is 0.342. The molecule has 0 aromatic heterocycles. The summed E-state index contributed by atoms with van der Waals surface area (Å²) in [6.45, 7) is 0. The van der Waals surface area contributed by atoms with Crippen molar-refractivity contribution in [1.29, 1.82) is 0 Å². The fourth-order valence-corrected chi connectivity index (χ4v) is 1.41. The van der Waals surface area contributed by atoms with Crippen LogP contribution in [-0.4, -0.2) is 26.2 Å². The van der Waals surface area contributed by atoms with Gasteiger partial charge in [0.2, 0.25) is 0 Å². The van der Waals surface area contributed by atoms with E-state index in [0.717, 1.165) is 0 Å². The number of ether oxygens (including phenoxy) is 2. The fraction of sp³-hybridized carbons (Fsp3) is 0.273. The first-order valence-electron chi connectivity index (χ1n) is 4.50. The van der Waals surface area contributed by atoms with Gasteiger partial charge in [0, 0.05) is 0 Å². The lowest BCUT2D eigenvalue weighted by molar-refractivity contribution is -0.140. The number of carbonyl (C=O) groups is 2.